The van der Waals surface area contributed by atoms with Crippen molar-refractivity contribution in [1.82, 2.24) is 10.2 Å². The third-order valence-corrected chi connectivity index (χ3v) is 8.16. The highest BCUT2D eigenvalue weighted by Gasteiger charge is 2.46. The topological polar surface area (TPSA) is 75.9 Å². The molecule has 1 atom stereocenters. The van der Waals surface area contributed by atoms with Crippen molar-refractivity contribution >= 4 is 28.7 Å². The molecule has 1 saturated heterocycles. The molecule has 0 amide bonds. The molecular formula is C33H31N4O3+. The summed E-state index contributed by atoms with van der Waals surface area (Å²) in [5.41, 5.74) is 6.15. The summed E-state index contributed by atoms with van der Waals surface area (Å²) in [6, 6.07) is 23.5. The Morgan fingerprint density at radius 2 is 1.57 bits per heavy atom. The highest BCUT2D eigenvalue weighted by molar-refractivity contribution is 6.39. The number of benzene rings is 3. The molecule has 4 aliphatic rings. The van der Waals surface area contributed by atoms with Crippen LogP contribution in [-0.4, -0.2) is 67.6 Å². The number of carbonyl (C=O) groups is 2. The monoisotopic (exact) mass is 531 g/mol. The summed E-state index contributed by atoms with van der Waals surface area (Å²) in [6.07, 6.45) is 1.45. The van der Waals surface area contributed by atoms with Crippen molar-refractivity contribution < 1.29 is 19.3 Å². The average molecular weight is 532 g/mol. The van der Waals surface area contributed by atoms with Gasteiger partial charge in [-0.25, -0.2) is 4.99 Å². The Labute approximate surface area is 233 Å². The summed E-state index contributed by atoms with van der Waals surface area (Å²) in [4.78, 5) is 36.0. The number of nitrogens with zero attached hydrogens (tertiary/aromatic N) is 2. The van der Waals surface area contributed by atoms with Gasteiger partial charge in [0, 0.05) is 67.8 Å². The molecule has 0 radical (unpaired) electrons. The smallest absolute Gasteiger partial charge is 0.246 e. The number of ether oxygens (including phenoxy) is 1. The van der Waals surface area contributed by atoms with Gasteiger partial charge in [-0.15, -0.1) is 0 Å². The summed E-state index contributed by atoms with van der Waals surface area (Å²) >= 11 is 0. The molecule has 0 spiro atoms. The molecule has 40 heavy (non-hydrogen) atoms. The van der Waals surface area contributed by atoms with Crippen LogP contribution < -0.4 is 19.9 Å². The maximum Gasteiger partial charge on any atom is 0.246 e. The van der Waals surface area contributed by atoms with E-state index in [1.165, 1.54) is 5.69 Å². The zero-order valence-corrected chi connectivity index (χ0v) is 22.4. The Morgan fingerprint density at radius 1 is 0.875 bits per heavy atom. The summed E-state index contributed by atoms with van der Waals surface area (Å²) in [6.45, 7) is 7.40. The van der Waals surface area contributed by atoms with Crippen molar-refractivity contribution in [1.29, 1.82) is 0 Å². The van der Waals surface area contributed by atoms with E-state index in [9.17, 15) is 9.59 Å². The fraction of sp³-hybridized carbons (Fsp3) is 0.242. The van der Waals surface area contributed by atoms with Gasteiger partial charge in [0.2, 0.25) is 23.3 Å². The molecule has 1 fully saturated rings. The van der Waals surface area contributed by atoms with E-state index in [1.807, 2.05) is 37.3 Å². The van der Waals surface area contributed by atoms with Crippen LogP contribution in [0.5, 0.6) is 5.75 Å². The Hall–Kier alpha value is -4.49. The normalized spacial score (nSPS) is 20.0. The standard InChI is InChI=1S/C33H30N4O3/c1-21-11-12-27-25(19-21)35-31-28(40-27)20-26(29-30(31)33(39)24-10-6-5-9-23(24)32(29)38)34-13-14-36-15-17-37(18-16-36)22-7-3-2-4-8-22/h2-12,19-20,28,34H,13-18H2,1H3/p+1. The maximum atomic E-state index is 13.9. The SMILES string of the molecule is Cc1ccc2c(c1)[NH+]=C1C3=C(C(=O)c4ccccc4C3=O)C(NCCN3CCN(c4ccccc4)CC3)=CC1O2. The van der Waals surface area contributed by atoms with Crippen LogP contribution in [0.3, 0.4) is 0 Å². The average Bonchev–Trinajstić information content (AvgIpc) is 2.99. The Balaban J connectivity index is 1.14. The molecule has 2 heterocycles. The molecule has 2 aliphatic heterocycles. The van der Waals surface area contributed by atoms with Crippen molar-refractivity contribution in [3.8, 4) is 5.75 Å². The molecule has 0 saturated carbocycles. The summed E-state index contributed by atoms with van der Waals surface area (Å²) in [5, 5.41) is 3.51. The van der Waals surface area contributed by atoms with Crippen LogP contribution in [0.25, 0.3) is 0 Å². The van der Waals surface area contributed by atoms with Gasteiger partial charge in [-0.2, -0.15) is 0 Å². The van der Waals surface area contributed by atoms with Gasteiger partial charge in [0.1, 0.15) is 5.57 Å². The van der Waals surface area contributed by atoms with Crippen molar-refractivity contribution in [2.24, 2.45) is 0 Å². The lowest BCUT2D eigenvalue weighted by molar-refractivity contribution is -0.363. The Morgan fingerprint density at radius 3 is 2.33 bits per heavy atom. The minimum atomic E-state index is -0.493. The third-order valence-electron chi connectivity index (χ3n) is 8.16. The van der Waals surface area contributed by atoms with Crippen LogP contribution in [-0.2, 0) is 0 Å². The number of hydrogen-bond donors (Lipinski definition) is 2. The van der Waals surface area contributed by atoms with Gasteiger partial charge in [0.05, 0.1) is 5.57 Å². The fourth-order valence-corrected chi connectivity index (χ4v) is 6.07. The zero-order chi connectivity index (χ0) is 27.2. The maximum absolute atomic E-state index is 13.9. The number of ketones is 2. The van der Waals surface area contributed by atoms with Gasteiger partial charge in [0.25, 0.3) is 0 Å². The molecule has 2 N–H and O–H groups in total. The highest BCUT2D eigenvalue weighted by atomic mass is 16.5. The van der Waals surface area contributed by atoms with Gasteiger partial charge in [0.15, 0.2) is 11.5 Å². The number of nitrogens with one attached hydrogen (secondary N) is 2. The van der Waals surface area contributed by atoms with E-state index in [1.54, 1.807) is 24.3 Å². The molecule has 7 nitrogen and oxygen atoms in total. The van der Waals surface area contributed by atoms with Crippen LogP contribution in [0.4, 0.5) is 11.4 Å². The largest absolute Gasteiger partial charge is 0.468 e. The number of Topliss-reactive ketones (excluding diaryl/α,β-unsaturated/α-hetero) is 2. The van der Waals surface area contributed by atoms with E-state index in [0.29, 0.717) is 40.2 Å². The van der Waals surface area contributed by atoms with E-state index in [-0.39, 0.29) is 11.6 Å². The lowest BCUT2D eigenvalue weighted by Crippen LogP contribution is -2.73. The van der Waals surface area contributed by atoms with Gasteiger partial charge in [-0.3, -0.25) is 14.5 Å². The second-order valence-corrected chi connectivity index (χ2v) is 10.7. The highest BCUT2D eigenvalue weighted by Crippen LogP contribution is 2.36. The minimum Gasteiger partial charge on any atom is -0.468 e. The molecule has 7 heteroatoms. The third kappa shape index (κ3) is 4.23. The van der Waals surface area contributed by atoms with Crippen molar-refractivity contribution in [2.45, 2.75) is 13.0 Å². The van der Waals surface area contributed by atoms with E-state index in [4.69, 9.17) is 4.74 Å². The summed E-state index contributed by atoms with van der Waals surface area (Å²) in [5.74, 6) is 0.440. The predicted molar refractivity (Wildman–Crippen MR) is 155 cm³/mol. The number of carbonyl (C=O) groups excluding carboxylic acids is 2. The van der Waals surface area contributed by atoms with E-state index < -0.39 is 6.10 Å². The second-order valence-electron chi connectivity index (χ2n) is 10.7. The quantitative estimate of drug-likeness (QED) is 0.527. The van der Waals surface area contributed by atoms with Gasteiger partial charge in [-0.05, 0) is 36.8 Å². The van der Waals surface area contributed by atoms with Gasteiger partial charge >= 0.3 is 0 Å². The molecular weight excluding hydrogens is 500 g/mol. The van der Waals surface area contributed by atoms with E-state index >= 15 is 0 Å². The summed E-state index contributed by atoms with van der Waals surface area (Å²) < 4.78 is 6.36. The van der Waals surface area contributed by atoms with Crippen LogP contribution >= 0.6 is 0 Å². The summed E-state index contributed by atoms with van der Waals surface area (Å²) in [7, 11) is 0. The minimum absolute atomic E-state index is 0.136. The van der Waals surface area contributed by atoms with Gasteiger partial charge in [-0.1, -0.05) is 48.5 Å². The first-order chi connectivity index (χ1) is 19.6. The van der Waals surface area contributed by atoms with Gasteiger partial charge < -0.3 is 15.0 Å². The van der Waals surface area contributed by atoms with Crippen LogP contribution in [0.2, 0.25) is 0 Å². The first-order valence-electron chi connectivity index (χ1n) is 13.9. The number of allylic oxidation sites excluding steroid dienone is 1. The number of para-hydroxylation sites is 1. The van der Waals surface area contributed by atoms with Crippen molar-refractivity contribution in [3.05, 3.63) is 112 Å². The Bertz CT molecular complexity index is 1610. The number of piperazine rings is 1. The first-order valence-corrected chi connectivity index (χ1v) is 13.9. The molecule has 2 aliphatic carbocycles. The number of rotatable bonds is 5. The lowest BCUT2D eigenvalue weighted by Gasteiger charge is -2.36. The molecule has 0 bridgehead atoms. The molecule has 0 aromatic heterocycles. The molecule has 1 unspecified atom stereocenters. The molecule has 3 aromatic carbocycles. The van der Waals surface area contributed by atoms with Crippen LogP contribution in [0.1, 0.15) is 26.3 Å². The zero-order valence-electron chi connectivity index (χ0n) is 22.4. The van der Waals surface area contributed by atoms with Crippen LogP contribution in [0, 0.1) is 6.92 Å². The fourth-order valence-electron chi connectivity index (χ4n) is 6.07. The van der Waals surface area contributed by atoms with E-state index in [2.05, 4.69) is 44.4 Å². The van der Waals surface area contributed by atoms with E-state index in [0.717, 1.165) is 49.7 Å². The molecule has 3 aromatic rings. The second kappa shape index (κ2) is 9.92. The Kier molecular flexibility index (Phi) is 6.09. The number of aryl methyl sites for hydroxylation is 1. The predicted octanol–water partition coefficient (Wildman–Crippen LogP) is 2.59. The number of fused-ring (bicyclic) bond motifs is 4. The molecule has 200 valence electrons. The lowest BCUT2D eigenvalue weighted by atomic mass is 9.76. The van der Waals surface area contributed by atoms with Crippen molar-refractivity contribution in [2.75, 3.05) is 44.2 Å². The number of anilines is 1. The van der Waals surface area contributed by atoms with Crippen molar-refractivity contribution in [3.63, 3.8) is 0 Å². The van der Waals surface area contributed by atoms with Crippen LogP contribution in [0.15, 0.2) is 95.7 Å². The first kappa shape index (κ1) is 24.5. The number of hydrogen-bond acceptors (Lipinski definition) is 6. The molecule has 7 rings (SSSR count).